The molecule has 0 aromatic heterocycles. The van der Waals surface area contributed by atoms with Crippen LogP contribution in [0.25, 0.3) is 10.8 Å². The van der Waals surface area contributed by atoms with E-state index in [4.69, 9.17) is 0 Å². The number of hydrogen-bond donors (Lipinski definition) is 2. The Morgan fingerprint density at radius 1 is 0.962 bits per heavy atom. The van der Waals surface area contributed by atoms with E-state index in [1.165, 1.54) is 12.1 Å². The third-order valence-electron chi connectivity index (χ3n) is 4.04. The fourth-order valence-corrected chi connectivity index (χ4v) is 2.84. The number of nitrogens with one attached hydrogen (secondary N) is 2. The van der Waals surface area contributed by atoms with Crippen LogP contribution in [-0.4, -0.2) is 17.9 Å². The SMILES string of the molecule is O=C(Nc1ccc(C2=Nc3cccc4cccc(c34)N2)cc1)C(F)(F)F. The zero-order valence-electron chi connectivity index (χ0n) is 13.3. The maximum atomic E-state index is 12.3. The summed E-state index contributed by atoms with van der Waals surface area (Å²) in [5, 5.41) is 7.16. The Morgan fingerprint density at radius 2 is 1.65 bits per heavy atom. The Morgan fingerprint density at radius 3 is 2.35 bits per heavy atom. The highest BCUT2D eigenvalue weighted by atomic mass is 19.4. The lowest BCUT2D eigenvalue weighted by atomic mass is 10.0. The summed E-state index contributed by atoms with van der Waals surface area (Å²) >= 11 is 0. The number of alkyl halides is 3. The molecule has 0 radical (unpaired) electrons. The predicted molar refractivity (Wildman–Crippen MR) is 94.9 cm³/mol. The van der Waals surface area contributed by atoms with Crippen LogP contribution in [0.5, 0.6) is 0 Å². The predicted octanol–water partition coefficient (Wildman–Crippen LogP) is 4.84. The summed E-state index contributed by atoms with van der Waals surface area (Å²) in [6.07, 6.45) is -4.92. The standard InChI is InChI=1S/C19H12F3N3O/c20-19(21,22)18(26)23-13-9-7-12(8-10-13)17-24-14-5-1-3-11-4-2-6-15(25-17)16(11)14/h1-10H,(H,23,26)(H,24,25). The van der Waals surface area contributed by atoms with Crippen molar-refractivity contribution in [3.8, 4) is 0 Å². The molecule has 0 unspecified atom stereocenters. The minimum atomic E-state index is -4.92. The molecular formula is C19H12F3N3O. The van der Waals surface area contributed by atoms with Crippen LogP contribution < -0.4 is 10.6 Å². The van der Waals surface area contributed by atoms with Gasteiger partial charge in [-0.2, -0.15) is 13.2 Å². The van der Waals surface area contributed by atoms with Crippen LogP contribution in [0.2, 0.25) is 0 Å². The maximum Gasteiger partial charge on any atom is 0.471 e. The molecule has 2 N–H and O–H groups in total. The number of rotatable bonds is 2. The van der Waals surface area contributed by atoms with Gasteiger partial charge in [0, 0.05) is 22.3 Å². The summed E-state index contributed by atoms with van der Waals surface area (Å²) in [5.74, 6) is -1.41. The van der Waals surface area contributed by atoms with E-state index in [9.17, 15) is 18.0 Å². The van der Waals surface area contributed by atoms with E-state index in [1.807, 2.05) is 41.7 Å². The Hall–Kier alpha value is -3.35. The first kappa shape index (κ1) is 16.1. The Labute approximate surface area is 146 Å². The van der Waals surface area contributed by atoms with Crippen molar-refractivity contribution in [3.63, 3.8) is 0 Å². The van der Waals surface area contributed by atoms with E-state index in [0.29, 0.717) is 11.4 Å². The van der Waals surface area contributed by atoms with E-state index in [2.05, 4.69) is 10.3 Å². The van der Waals surface area contributed by atoms with Gasteiger partial charge in [0.2, 0.25) is 0 Å². The summed E-state index contributed by atoms with van der Waals surface area (Å²) < 4.78 is 36.9. The molecule has 7 heteroatoms. The molecular weight excluding hydrogens is 343 g/mol. The first-order chi connectivity index (χ1) is 12.4. The van der Waals surface area contributed by atoms with E-state index in [1.54, 1.807) is 12.1 Å². The van der Waals surface area contributed by atoms with Crippen molar-refractivity contribution in [2.75, 3.05) is 10.6 Å². The molecule has 0 fully saturated rings. The molecule has 26 heavy (non-hydrogen) atoms. The molecule has 0 saturated carbocycles. The maximum absolute atomic E-state index is 12.3. The van der Waals surface area contributed by atoms with E-state index in [0.717, 1.165) is 22.1 Å². The van der Waals surface area contributed by atoms with Crippen molar-refractivity contribution in [2.24, 2.45) is 4.99 Å². The summed E-state index contributed by atoms with van der Waals surface area (Å²) in [6.45, 7) is 0. The molecule has 1 aliphatic rings. The molecule has 0 aliphatic carbocycles. The second-order valence-electron chi connectivity index (χ2n) is 5.80. The second-order valence-corrected chi connectivity index (χ2v) is 5.80. The smallest absolute Gasteiger partial charge is 0.339 e. The van der Waals surface area contributed by atoms with Crippen LogP contribution >= 0.6 is 0 Å². The molecule has 0 spiro atoms. The quantitative estimate of drug-likeness (QED) is 0.691. The summed E-state index contributed by atoms with van der Waals surface area (Å²) in [7, 11) is 0. The topological polar surface area (TPSA) is 53.5 Å². The first-order valence-corrected chi connectivity index (χ1v) is 7.78. The molecule has 0 bridgehead atoms. The molecule has 4 nitrogen and oxygen atoms in total. The van der Waals surface area contributed by atoms with E-state index < -0.39 is 12.1 Å². The number of halogens is 3. The van der Waals surface area contributed by atoms with Crippen LogP contribution in [0, 0.1) is 0 Å². The fraction of sp³-hybridized carbons (Fsp3) is 0.0526. The monoisotopic (exact) mass is 355 g/mol. The number of amidine groups is 1. The molecule has 4 rings (SSSR count). The Balaban J connectivity index is 1.64. The minimum absolute atomic E-state index is 0.0648. The number of anilines is 2. The molecule has 3 aromatic rings. The molecule has 1 amide bonds. The van der Waals surface area contributed by atoms with Crippen molar-refractivity contribution < 1.29 is 18.0 Å². The van der Waals surface area contributed by atoms with Crippen molar-refractivity contribution in [3.05, 3.63) is 66.2 Å². The number of aliphatic imine (C=N–C) groups is 1. The zero-order chi connectivity index (χ0) is 18.3. The third kappa shape index (κ3) is 2.88. The number of benzene rings is 3. The second kappa shape index (κ2) is 5.87. The Bertz CT molecular complexity index is 1030. The lowest BCUT2D eigenvalue weighted by Gasteiger charge is -2.19. The van der Waals surface area contributed by atoms with Gasteiger partial charge in [-0.25, -0.2) is 4.99 Å². The minimum Gasteiger partial charge on any atom is -0.339 e. The fourth-order valence-electron chi connectivity index (χ4n) is 2.84. The van der Waals surface area contributed by atoms with Gasteiger partial charge in [0.15, 0.2) is 0 Å². The van der Waals surface area contributed by atoms with E-state index >= 15 is 0 Å². The molecule has 1 aliphatic heterocycles. The van der Waals surface area contributed by atoms with Crippen LogP contribution in [0.4, 0.5) is 30.2 Å². The molecule has 3 aromatic carbocycles. The van der Waals surface area contributed by atoms with Gasteiger partial charge in [0.05, 0.1) is 5.69 Å². The van der Waals surface area contributed by atoms with Crippen LogP contribution in [0.3, 0.4) is 0 Å². The number of carbonyl (C=O) groups is 1. The summed E-state index contributed by atoms with van der Waals surface area (Å²) in [6, 6.07) is 17.7. The number of amides is 1. The van der Waals surface area contributed by atoms with Crippen molar-refractivity contribution in [2.45, 2.75) is 6.18 Å². The highest BCUT2D eigenvalue weighted by molar-refractivity contribution is 6.19. The van der Waals surface area contributed by atoms with Gasteiger partial charge in [-0.1, -0.05) is 24.3 Å². The molecule has 0 saturated heterocycles. The molecule has 0 atom stereocenters. The van der Waals surface area contributed by atoms with Gasteiger partial charge in [0.1, 0.15) is 5.84 Å². The van der Waals surface area contributed by atoms with Gasteiger partial charge in [-0.05, 0) is 41.8 Å². The van der Waals surface area contributed by atoms with Crippen LogP contribution in [0.15, 0.2) is 65.7 Å². The molecule has 130 valence electrons. The number of nitrogens with zero attached hydrogens (tertiary/aromatic N) is 1. The van der Waals surface area contributed by atoms with Gasteiger partial charge in [0.25, 0.3) is 0 Å². The van der Waals surface area contributed by atoms with Crippen molar-refractivity contribution in [1.82, 2.24) is 0 Å². The van der Waals surface area contributed by atoms with Gasteiger partial charge < -0.3 is 10.6 Å². The van der Waals surface area contributed by atoms with Gasteiger partial charge >= 0.3 is 12.1 Å². The highest BCUT2D eigenvalue weighted by Crippen LogP contribution is 2.36. The lowest BCUT2D eigenvalue weighted by Crippen LogP contribution is -2.29. The number of hydrogen-bond acceptors (Lipinski definition) is 3. The zero-order valence-corrected chi connectivity index (χ0v) is 13.3. The average Bonchev–Trinajstić information content (AvgIpc) is 2.62. The van der Waals surface area contributed by atoms with Crippen LogP contribution in [0.1, 0.15) is 5.56 Å². The third-order valence-corrected chi connectivity index (χ3v) is 4.04. The largest absolute Gasteiger partial charge is 0.471 e. The Kier molecular flexibility index (Phi) is 3.64. The highest BCUT2D eigenvalue weighted by Gasteiger charge is 2.38. The average molecular weight is 355 g/mol. The summed E-state index contributed by atoms with van der Waals surface area (Å²) in [5.41, 5.74) is 2.50. The first-order valence-electron chi connectivity index (χ1n) is 7.78. The number of carbonyl (C=O) groups excluding carboxylic acids is 1. The van der Waals surface area contributed by atoms with Crippen LogP contribution in [-0.2, 0) is 4.79 Å². The van der Waals surface area contributed by atoms with Gasteiger partial charge in [-0.15, -0.1) is 0 Å². The summed E-state index contributed by atoms with van der Waals surface area (Å²) in [4.78, 5) is 15.6. The molecule has 1 heterocycles. The normalized spacial score (nSPS) is 13.1. The van der Waals surface area contributed by atoms with Gasteiger partial charge in [-0.3, -0.25) is 4.79 Å². The van der Waals surface area contributed by atoms with Crippen molar-refractivity contribution in [1.29, 1.82) is 0 Å². The van der Waals surface area contributed by atoms with Crippen molar-refractivity contribution >= 4 is 39.6 Å². The van der Waals surface area contributed by atoms with E-state index in [-0.39, 0.29) is 5.69 Å². The lowest BCUT2D eigenvalue weighted by molar-refractivity contribution is -0.167.